The highest BCUT2D eigenvalue weighted by atomic mass is 32.1. The predicted molar refractivity (Wildman–Crippen MR) is 117 cm³/mol. The zero-order chi connectivity index (χ0) is 21.3. The van der Waals surface area contributed by atoms with Crippen LogP contribution in [0.5, 0.6) is 0 Å². The summed E-state index contributed by atoms with van der Waals surface area (Å²) in [6.45, 7) is 1.16. The molecule has 0 saturated carbocycles. The van der Waals surface area contributed by atoms with Gasteiger partial charge in [-0.15, -0.1) is 0 Å². The second-order valence-electron chi connectivity index (χ2n) is 6.98. The lowest BCUT2D eigenvalue weighted by atomic mass is 10.0. The van der Waals surface area contributed by atoms with Gasteiger partial charge in [-0.05, 0) is 18.6 Å². The first-order valence-electron chi connectivity index (χ1n) is 9.44. The maximum Gasteiger partial charge on any atom is 0.326 e. The van der Waals surface area contributed by atoms with E-state index in [1.54, 1.807) is 12.3 Å². The summed E-state index contributed by atoms with van der Waals surface area (Å²) in [5.41, 5.74) is 3.82. The molecule has 4 rings (SSSR count). The Balaban J connectivity index is 1.63. The van der Waals surface area contributed by atoms with Crippen molar-refractivity contribution in [2.75, 3.05) is 6.61 Å². The number of esters is 1. The van der Waals surface area contributed by atoms with Gasteiger partial charge in [0.15, 0.2) is 6.61 Å². The molecule has 30 heavy (non-hydrogen) atoms. The highest BCUT2D eigenvalue weighted by molar-refractivity contribution is 7.07. The summed E-state index contributed by atoms with van der Waals surface area (Å²) >= 11 is 1.03. The molecule has 0 bridgehead atoms. The Morgan fingerprint density at radius 3 is 2.43 bits per heavy atom. The SMILES string of the molecule is Cc1csc(=O)n1CC(=O)OCC(=O)c1c(-c2ccccc2)n(C)c2ccccc12. The van der Waals surface area contributed by atoms with Crippen LogP contribution in [-0.4, -0.2) is 27.5 Å². The Morgan fingerprint density at radius 2 is 1.73 bits per heavy atom. The van der Waals surface area contributed by atoms with E-state index in [9.17, 15) is 14.4 Å². The molecule has 2 aromatic heterocycles. The van der Waals surface area contributed by atoms with E-state index in [-0.39, 0.29) is 23.8 Å². The van der Waals surface area contributed by atoms with Gasteiger partial charge < -0.3 is 9.30 Å². The molecule has 152 valence electrons. The number of hydrogen-bond donors (Lipinski definition) is 0. The number of rotatable bonds is 6. The first kappa shape index (κ1) is 19.8. The molecular formula is C23H20N2O4S. The third-order valence-corrected chi connectivity index (χ3v) is 5.94. The fraction of sp³-hybridized carbons (Fsp3) is 0.174. The lowest BCUT2D eigenvalue weighted by Crippen LogP contribution is -2.24. The molecule has 0 spiro atoms. The van der Waals surface area contributed by atoms with E-state index in [0.717, 1.165) is 33.5 Å². The minimum Gasteiger partial charge on any atom is -0.456 e. The van der Waals surface area contributed by atoms with Crippen LogP contribution in [0, 0.1) is 6.92 Å². The summed E-state index contributed by atoms with van der Waals surface area (Å²) in [5, 5.41) is 2.49. The van der Waals surface area contributed by atoms with Gasteiger partial charge in [-0.3, -0.25) is 19.0 Å². The van der Waals surface area contributed by atoms with Gasteiger partial charge in [-0.2, -0.15) is 0 Å². The van der Waals surface area contributed by atoms with E-state index in [4.69, 9.17) is 4.74 Å². The van der Waals surface area contributed by atoms with Gasteiger partial charge in [0, 0.05) is 29.0 Å². The number of thiazole rings is 1. The third-order valence-electron chi connectivity index (χ3n) is 5.06. The number of Topliss-reactive ketones (excluding diaryl/α,β-unsaturated/α-hetero) is 1. The molecule has 0 N–H and O–H groups in total. The maximum absolute atomic E-state index is 13.1. The third kappa shape index (κ3) is 3.59. The monoisotopic (exact) mass is 420 g/mol. The molecule has 2 heterocycles. The Bertz CT molecular complexity index is 1300. The zero-order valence-corrected chi connectivity index (χ0v) is 17.4. The van der Waals surface area contributed by atoms with Crippen LogP contribution in [-0.2, 0) is 23.1 Å². The quantitative estimate of drug-likeness (QED) is 0.351. The molecule has 0 fully saturated rings. The number of benzene rings is 2. The van der Waals surface area contributed by atoms with Crippen LogP contribution >= 0.6 is 11.3 Å². The molecule has 2 aromatic carbocycles. The number of ether oxygens (including phenoxy) is 1. The highest BCUT2D eigenvalue weighted by Crippen LogP contribution is 2.33. The van der Waals surface area contributed by atoms with Crippen LogP contribution in [0.2, 0.25) is 0 Å². The standard InChI is InChI=1S/C23H20N2O4S/c1-15-14-30-23(28)25(15)12-20(27)29-13-19(26)21-17-10-6-7-11-18(17)24(2)22(21)16-8-4-3-5-9-16/h3-11,14H,12-13H2,1-2H3. The van der Waals surface area contributed by atoms with Gasteiger partial charge in [0.1, 0.15) is 6.54 Å². The molecule has 0 saturated heterocycles. The van der Waals surface area contributed by atoms with Crippen molar-refractivity contribution in [3.63, 3.8) is 0 Å². The normalized spacial score (nSPS) is 11.0. The Labute approximate surface area is 177 Å². The van der Waals surface area contributed by atoms with Crippen molar-refractivity contribution < 1.29 is 14.3 Å². The minimum absolute atomic E-state index is 0.206. The number of carbonyl (C=O) groups is 2. The van der Waals surface area contributed by atoms with Crippen molar-refractivity contribution in [2.24, 2.45) is 7.05 Å². The van der Waals surface area contributed by atoms with Crippen LogP contribution in [0.3, 0.4) is 0 Å². The van der Waals surface area contributed by atoms with E-state index < -0.39 is 5.97 Å². The molecule has 7 heteroatoms. The largest absolute Gasteiger partial charge is 0.456 e. The van der Waals surface area contributed by atoms with Crippen molar-refractivity contribution in [3.05, 3.63) is 80.9 Å². The van der Waals surface area contributed by atoms with Gasteiger partial charge in [0.2, 0.25) is 5.78 Å². The van der Waals surface area contributed by atoms with Gasteiger partial charge in [0.25, 0.3) is 0 Å². The maximum atomic E-state index is 13.1. The second-order valence-corrected chi connectivity index (χ2v) is 7.80. The molecule has 0 amide bonds. The van der Waals surface area contributed by atoms with Crippen LogP contribution in [0.25, 0.3) is 22.2 Å². The molecule has 0 aliphatic carbocycles. The summed E-state index contributed by atoms with van der Waals surface area (Å²) < 4.78 is 8.56. The molecule has 0 radical (unpaired) electrons. The van der Waals surface area contributed by atoms with Crippen molar-refractivity contribution in [2.45, 2.75) is 13.5 Å². The first-order valence-corrected chi connectivity index (χ1v) is 10.3. The number of hydrogen-bond acceptors (Lipinski definition) is 5. The topological polar surface area (TPSA) is 70.3 Å². The fourth-order valence-corrected chi connectivity index (χ4v) is 4.33. The van der Waals surface area contributed by atoms with E-state index in [1.807, 2.05) is 66.2 Å². The Hall–Kier alpha value is -3.45. The van der Waals surface area contributed by atoms with E-state index in [2.05, 4.69) is 0 Å². The summed E-state index contributed by atoms with van der Waals surface area (Å²) in [4.78, 5) is 37.0. The number of nitrogens with zero attached hydrogens (tertiary/aromatic N) is 2. The molecular weight excluding hydrogens is 400 g/mol. The lowest BCUT2D eigenvalue weighted by molar-refractivity contribution is -0.143. The predicted octanol–water partition coefficient (Wildman–Crippen LogP) is 3.80. The zero-order valence-electron chi connectivity index (χ0n) is 16.6. The highest BCUT2D eigenvalue weighted by Gasteiger charge is 2.23. The second kappa shape index (κ2) is 8.12. The first-order chi connectivity index (χ1) is 14.5. The average molecular weight is 420 g/mol. The molecule has 0 unspecified atom stereocenters. The van der Waals surface area contributed by atoms with Crippen LogP contribution in [0.15, 0.2) is 64.8 Å². The molecule has 6 nitrogen and oxygen atoms in total. The number of carbonyl (C=O) groups excluding carboxylic acids is 2. The van der Waals surface area contributed by atoms with Gasteiger partial charge in [0.05, 0.1) is 11.3 Å². The van der Waals surface area contributed by atoms with Crippen molar-refractivity contribution in [1.82, 2.24) is 9.13 Å². The van der Waals surface area contributed by atoms with E-state index in [0.29, 0.717) is 11.3 Å². The smallest absolute Gasteiger partial charge is 0.326 e. The summed E-state index contributed by atoms with van der Waals surface area (Å²) in [5.74, 6) is -0.901. The van der Waals surface area contributed by atoms with Crippen molar-refractivity contribution in [3.8, 4) is 11.3 Å². The van der Waals surface area contributed by atoms with E-state index in [1.165, 1.54) is 4.57 Å². The summed E-state index contributed by atoms with van der Waals surface area (Å²) in [6, 6.07) is 17.3. The summed E-state index contributed by atoms with van der Waals surface area (Å²) in [7, 11) is 1.92. The van der Waals surface area contributed by atoms with Gasteiger partial charge in [-0.25, -0.2) is 0 Å². The van der Waals surface area contributed by atoms with Crippen molar-refractivity contribution in [1.29, 1.82) is 0 Å². The number of fused-ring (bicyclic) bond motifs is 1. The van der Waals surface area contributed by atoms with Gasteiger partial charge >= 0.3 is 10.8 Å². The number of ketones is 1. The molecule has 0 aliphatic rings. The van der Waals surface area contributed by atoms with Crippen LogP contribution in [0.1, 0.15) is 16.1 Å². The van der Waals surface area contributed by atoms with E-state index >= 15 is 0 Å². The number of aryl methyl sites for hydroxylation is 2. The Kier molecular flexibility index (Phi) is 5.37. The number of para-hydroxylation sites is 1. The molecule has 0 atom stereocenters. The minimum atomic E-state index is -0.617. The Morgan fingerprint density at radius 1 is 1.03 bits per heavy atom. The lowest BCUT2D eigenvalue weighted by Gasteiger charge is -2.09. The fourth-order valence-electron chi connectivity index (χ4n) is 3.60. The molecule has 4 aromatic rings. The molecule has 0 aliphatic heterocycles. The number of aromatic nitrogens is 2. The summed E-state index contributed by atoms with van der Waals surface area (Å²) in [6.07, 6.45) is 0. The van der Waals surface area contributed by atoms with Crippen molar-refractivity contribution >= 4 is 34.0 Å². The van der Waals surface area contributed by atoms with Crippen LogP contribution in [0.4, 0.5) is 0 Å². The average Bonchev–Trinajstić information content (AvgIpc) is 3.24. The van der Waals surface area contributed by atoms with Crippen LogP contribution < -0.4 is 4.87 Å². The van der Waals surface area contributed by atoms with Gasteiger partial charge in [-0.1, -0.05) is 59.9 Å².